The lowest BCUT2D eigenvalue weighted by Crippen LogP contribution is -2.43. The molecule has 1 atom stereocenters. The van der Waals surface area contributed by atoms with Crippen molar-refractivity contribution in [3.63, 3.8) is 0 Å². The molecule has 5 nitrogen and oxygen atoms in total. The third-order valence-electron chi connectivity index (χ3n) is 3.31. The lowest BCUT2D eigenvalue weighted by Gasteiger charge is -2.23. The van der Waals surface area contributed by atoms with Crippen molar-refractivity contribution in [1.29, 1.82) is 0 Å². The predicted octanol–water partition coefficient (Wildman–Crippen LogP) is 2.09. The van der Waals surface area contributed by atoms with Gasteiger partial charge in [-0.15, -0.1) is 0 Å². The highest BCUT2D eigenvalue weighted by Crippen LogP contribution is 2.12. The lowest BCUT2D eigenvalue weighted by atomic mass is 10.2. The molecule has 20 heavy (non-hydrogen) atoms. The monoisotopic (exact) mass is 298 g/mol. The molecule has 1 aromatic heterocycles. The van der Waals surface area contributed by atoms with Gasteiger partial charge in [-0.05, 0) is 35.2 Å². The predicted molar refractivity (Wildman–Crippen MR) is 79.0 cm³/mol. The van der Waals surface area contributed by atoms with Crippen molar-refractivity contribution < 1.29 is 14.3 Å². The fourth-order valence-electron chi connectivity index (χ4n) is 2.18. The quantitative estimate of drug-likeness (QED) is 0.838. The van der Waals surface area contributed by atoms with Gasteiger partial charge in [-0.2, -0.15) is 11.3 Å². The molecule has 2 rings (SSSR count). The maximum absolute atomic E-state index is 12.2. The fourth-order valence-corrected chi connectivity index (χ4v) is 2.83. The minimum absolute atomic E-state index is 0.0521. The highest BCUT2D eigenvalue weighted by atomic mass is 32.1. The van der Waals surface area contributed by atoms with E-state index in [9.17, 15) is 4.79 Å². The van der Waals surface area contributed by atoms with Crippen molar-refractivity contribution in [3.8, 4) is 0 Å². The third kappa shape index (κ3) is 4.77. The summed E-state index contributed by atoms with van der Waals surface area (Å²) in [7, 11) is 1.65. The van der Waals surface area contributed by atoms with Crippen LogP contribution in [-0.2, 0) is 16.0 Å². The summed E-state index contributed by atoms with van der Waals surface area (Å²) in [5.41, 5.74) is 1.15. The summed E-state index contributed by atoms with van der Waals surface area (Å²) >= 11 is 1.64. The van der Waals surface area contributed by atoms with Crippen molar-refractivity contribution in [3.05, 3.63) is 22.4 Å². The second kappa shape index (κ2) is 8.24. The van der Waals surface area contributed by atoms with Crippen LogP contribution >= 0.6 is 11.3 Å². The van der Waals surface area contributed by atoms with Crippen LogP contribution in [0.4, 0.5) is 4.79 Å². The van der Waals surface area contributed by atoms with E-state index in [1.165, 1.54) is 0 Å². The van der Waals surface area contributed by atoms with Gasteiger partial charge in [0.15, 0.2) is 0 Å². The Morgan fingerprint density at radius 3 is 3.20 bits per heavy atom. The smallest absolute Gasteiger partial charge is 0.317 e. The molecule has 0 saturated carbocycles. The second-order valence-corrected chi connectivity index (χ2v) is 5.65. The van der Waals surface area contributed by atoms with E-state index in [4.69, 9.17) is 9.47 Å². The van der Waals surface area contributed by atoms with Crippen LogP contribution in [0.2, 0.25) is 0 Å². The summed E-state index contributed by atoms with van der Waals surface area (Å²) < 4.78 is 10.6. The summed E-state index contributed by atoms with van der Waals surface area (Å²) in [5.74, 6) is 0. The van der Waals surface area contributed by atoms with Gasteiger partial charge in [0.2, 0.25) is 0 Å². The highest BCUT2D eigenvalue weighted by molar-refractivity contribution is 7.07. The average molecular weight is 298 g/mol. The maximum Gasteiger partial charge on any atom is 0.317 e. The largest absolute Gasteiger partial charge is 0.383 e. The molecule has 1 aromatic rings. The first-order chi connectivity index (χ1) is 9.79. The Kier molecular flexibility index (Phi) is 6.29. The van der Waals surface area contributed by atoms with Gasteiger partial charge >= 0.3 is 6.03 Å². The molecule has 1 aliphatic rings. The molecule has 1 fully saturated rings. The van der Waals surface area contributed by atoms with Gasteiger partial charge in [0.25, 0.3) is 0 Å². The number of nitrogens with one attached hydrogen (secondary N) is 1. The molecule has 1 saturated heterocycles. The van der Waals surface area contributed by atoms with E-state index in [1.807, 2.05) is 11.4 Å². The number of thiophene rings is 1. The molecule has 1 N–H and O–H groups in total. The van der Waals surface area contributed by atoms with Gasteiger partial charge in [-0.25, -0.2) is 4.79 Å². The zero-order chi connectivity index (χ0) is 14.2. The van der Waals surface area contributed by atoms with Gasteiger partial charge in [-0.3, -0.25) is 0 Å². The van der Waals surface area contributed by atoms with E-state index in [2.05, 4.69) is 10.7 Å². The molecule has 0 aliphatic carbocycles. The number of rotatable bonds is 7. The summed E-state index contributed by atoms with van der Waals surface area (Å²) in [5, 5.41) is 7.04. The normalized spacial score (nSPS) is 18.1. The highest BCUT2D eigenvalue weighted by Gasteiger charge is 2.19. The standard InChI is InChI=1S/C14H22N2O3S/c1-18-7-5-16(10-12-4-8-20-11-12)14(17)15-9-13-3-2-6-19-13/h4,8,11,13H,2-3,5-7,9-10H2,1H3,(H,15,17)/t13-/m0/s1. The van der Waals surface area contributed by atoms with E-state index in [-0.39, 0.29) is 12.1 Å². The summed E-state index contributed by atoms with van der Waals surface area (Å²) in [4.78, 5) is 14.0. The molecular weight excluding hydrogens is 276 g/mol. The Hall–Kier alpha value is -1.11. The van der Waals surface area contributed by atoms with E-state index in [1.54, 1.807) is 23.3 Å². The maximum atomic E-state index is 12.2. The van der Waals surface area contributed by atoms with E-state index in [0.717, 1.165) is 25.0 Å². The van der Waals surface area contributed by atoms with Gasteiger partial charge in [-0.1, -0.05) is 0 Å². The third-order valence-corrected chi connectivity index (χ3v) is 4.04. The number of urea groups is 1. The molecular formula is C14H22N2O3S. The molecule has 2 amide bonds. The van der Waals surface area contributed by atoms with Crippen LogP contribution < -0.4 is 5.32 Å². The van der Waals surface area contributed by atoms with E-state index in [0.29, 0.717) is 26.2 Å². The van der Waals surface area contributed by atoms with E-state index >= 15 is 0 Å². The minimum Gasteiger partial charge on any atom is -0.383 e. The second-order valence-electron chi connectivity index (χ2n) is 4.87. The number of methoxy groups -OCH3 is 1. The topological polar surface area (TPSA) is 50.8 Å². The molecule has 0 radical (unpaired) electrons. The molecule has 0 spiro atoms. The van der Waals surface area contributed by atoms with Gasteiger partial charge in [0.1, 0.15) is 0 Å². The number of nitrogens with zero attached hydrogens (tertiary/aromatic N) is 1. The van der Waals surface area contributed by atoms with Gasteiger partial charge in [0.05, 0.1) is 12.7 Å². The van der Waals surface area contributed by atoms with Gasteiger partial charge in [0, 0.05) is 33.4 Å². The van der Waals surface area contributed by atoms with Crippen molar-refractivity contribution >= 4 is 17.4 Å². The van der Waals surface area contributed by atoms with Crippen LogP contribution in [-0.4, -0.2) is 50.4 Å². The number of carbonyl (C=O) groups excluding carboxylic acids is 1. The molecule has 0 bridgehead atoms. The number of ether oxygens (including phenoxy) is 2. The Morgan fingerprint density at radius 2 is 2.55 bits per heavy atom. The molecule has 1 aliphatic heterocycles. The Bertz CT molecular complexity index is 391. The van der Waals surface area contributed by atoms with Crippen LogP contribution in [0, 0.1) is 0 Å². The van der Waals surface area contributed by atoms with Crippen LogP contribution in [0.15, 0.2) is 16.8 Å². The van der Waals surface area contributed by atoms with Crippen LogP contribution in [0.25, 0.3) is 0 Å². The molecule has 0 unspecified atom stereocenters. The fraction of sp³-hybridized carbons (Fsp3) is 0.643. The number of carbonyl (C=O) groups is 1. The van der Waals surface area contributed by atoms with Crippen molar-refractivity contribution in [1.82, 2.24) is 10.2 Å². The van der Waals surface area contributed by atoms with Crippen molar-refractivity contribution in [2.24, 2.45) is 0 Å². The van der Waals surface area contributed by atoms with Crippen LogP contribution in [0.1, 0.15) is 18.4 Å². The Morgan fingerprint density at radius 1 is 1.65 bits per heavy atom. The summed E-state index contributed by atoms with van der Waals surface area (Å²) in [6.07, 6.45) is 2.29. The zero-order valence-electron chi connectivity index (χ0n) is 11.8. The van der Waals surface area contributed by atoms with Crippen molar-refractivity contribution in [2.45, 2.75) is 25.5 Å². The SMILES string of the molecule is COCCN(Cc1ccsc1)C(=O)NC[C@@H]1CCCO1. The molecule has 112 valence electrons. The lowest BCUT2D eigenvalue weighted by molar-refractivity contribution is 0.106. The summed E-state index contributed by atoms with van der Waals surface area (Å²) in [6.45, 7) is 3.14. The molecule has 0 aromatic carbocycles. The Labute approximate surface area is 123 Å². The number of amides is 2. The first-order valence-electron chi connectivity index (χ1n) is 6.94. The molecule has 6 heteroatoms. The first-order valence-corrected chi connectivity index (χ1v) is 7.88. The molecule has 2 heterocycles. The number of hydrogen-bond acceptors (Lipinski definition) is 4. The minimum atomic E-state index is -0.0521. The number of hydrogen-bond donors (Lipinski definition) is 1. The zero-order valence-corrected chi connectivity index (χ0v) is 12.7. The van der Waals surface area contributed by atoms with Gasteiger partial charge < -0.3 is 19.7 Å². The first kappa shape index (κ1) is 15.3. The van der Waals surface area contributed by atoms with Crippen molar-refractivity contribution in [2.75, 3.05) is 33.4 Å². The average Bonchev–Trinajstić information content (AvgIpc) is 3.13. The van der Waals surface area contributed by atoms with Crippen LogP contribution in [0.3, 0.4) is 0 Å². The summed E-state index contributed by atoms with van der Waals surface area (Å²) in [6, 6.07) is 1.99. The van der Waals surface area contributed by atoms with Crippen LogP contribution in [0.5, 0.6) is 0 Å². The van der Waals surface area contributed by atoms with E-state index < -0.39 is 0 Å². The Balaban J connectivity index is 1.82.